The van der Waals surface area contributed by atoms with Gasteiger partial charge in [-0.3, -0.25) is 14.4 Å². The van der Waals surface area contributed by atoms with Crippen LogP contribution in [0.5, 0.6) is 5.75 Å². The van der Waals surface area contributed by atoms with Gasteiger partial charge in [0.25, 0.3) is 0 Å². The lowest BCUT2D eigenvalue weighted by Gasteiger charge is -2.24. The summed E-state index contributed by atoms with van der Waals surface area (Å²) in [5.74, 6) is -0.523. The van der Waals surface area contributed by atoms with Crippen LogP contribution in [0.3, 0.4) is 0 Å². The van der Waals surface area contributed by atoms with Gasteiger partial charge in [0.2, 0.25) is 11.8 Å². The summed E-state index contributed by atoms with van der Waals surface area (Å²) in [6.45, 7) is 0.426. The second kappa shape index (κ2) is 9.62. The van der Waals surface area contributed by atoms with Crippen LogP contribution in [-0.2, 0) is 22.7 Å². The van der Waals surface area contributed by atoms with E-state index >= 15 is 0 Å². The van der Waals surface area contributed by atoms with Gasteiger partial charge >= 0.3 is 0 Å². The molecule has 0 spiro atoms. The van der Waals surface area contributed by atoms with Gasteiger partial charge in [0.05, 0.1) is 12.1 Å². The van der Waals surface area contributed by atoms with E-state index < -0.39 is 11.9 Å². The van der Waals surface area contributed by atoms with E-state index in [0.717, 1.165) is 11.8 Å². The number of aldehydes is 1. The molecule has 7 nitrogen and oxygen atoms in total. The molecule has 33 heavy (non-hydrogen) atoms. The van der Waals surface area contributed by atoms with Gasteiger partial charge in [-0.15, -0.1) is 0 Å². The first kappa shape index (κ1) is 22.8. The Kier molecular flexibility index (Phi) is 6.65. The maximum absolute atomic E-state index is 14.1. The van der Waals surface area contributed by atoms with E-state index in [4.69, 9.17) is 16.3 Å². The molecule has 1 aromatic heterocycles. The van der Waals surface area contributed by atoms with Crippen molar-refractivity contribution in [1.29, 1.82) is 0 Å². The van der Waals surface area contributed by atoms with Crippen LogP contribution in [0.15, 0.2) is 42.6 Å². The number of hydrogen-bond acceptors (Lipinski definition) is 4. The lowest BCUT2D eigenvalue weighted by atomic mass is 10.1. The molecular formula is C24H23ClFN3O4. The first-order chi connectivity index (χ1) is 15.9. The Balaban J connectivity index is 1.47. The minimum absolute atomic E-state index is 0.00863. The van der Waals surface area contributed by atoms with Gasteiger partial charge in [-0.1, -0.05) is 23.7 Å². The molecule has 2 amide bonds. The van der Waals surface area contributed by atoms with E-state index in [1.165, 1.54) is 6.07 Å². The highest BCUT2D eigenvalue weighted by atomic mass is 35.5. The molecule has 172 valence electrons. The molecule has 1 fully saturated rings. The minimum Gasteiger partial charge on any atom is -0.497 e. The summed E-state index contributed by atoms with van der Waals surface area (Å²) in [5.41, 5.74) is 1.46. The zero-order valence-corrected chi connectivity index (χ0v) is 18.8. The van der Waals surface area contributed by atoms with Gasteiger partial charge in [0.15, 0.2) is 6.29 Å². The fraction of sp³-hybridized carbons (Fsp3) is 0.292. The van der Waals surface area contributed by atoms with E-state index in [0.29, 0.717) is 36.1 Å². The van der Waals surface area contributed by atoms with Crippen molar-refractivity contribution < 1.29 is 23.5 Å². The molecule has 3 aromatic rings. The molecule has 2 heterocycles. The number of amides is 2. The zero-order valence-electron chi connectivity index (χ0n) is 18.0. The Morgan fingerprint density at radius 2 is 2.12 bits per heavy atom. The molecule has 2 aromatic carbocycles. The van der Waals surface area contributed by atoms with Crippen molar-refractivity contribution in [3.05, 3.63) is 64.6 Å². The lowest BCUT2D eigenvalue weighted by molar-refractivity contribution is -0.138. The summed E-state index contributed by atoms with van der Waals surface area (Å²) < 4.78 is 21.0. The van der Waals surface area contributed by atoms with Crippen LogP contribution in [0.25, 0.3) is 10.9 Å². The Morgan fingerprint density at radius 1 is 1.30 bits per heavy atom. The van der Waals surface area contributed by atoms with Crippen LogP contribution >= 0.6 is 11.6 Å². The summed E-state index contributed by atoms with van der Waals surface area (Å²) in [6, 6.07) is 9.28. The number of fused-ring (bicyclic) bond motifs is 1. The number of likely N-dealkylation sites (tertiary alicyclic amines) is 1. The third-order valence-electron chi connectivity index (χ3n) is 5.91. The monoisotopic (exact) mass is 471 g/mol. The Labute approximate surface area is 195 Å². The number of aromatic nitrogens is 1. The molecule has 1 saturated heterocycles. The number of ether oxygens (including phenoxy) is 1. The van der Waals surface area contributed by atoms with Gasteiger partial charge in [0, 0.05) is 41.3 Å². The number of benzene rings is 2. The third-order valence-corrected chi connectivity index (χ3v) is 6.20. The number of halogens is 2. The van der Waals surface area contributed by atoms with Crippen molar-refractivity contribution in [2.75, 3.05) is 13.7 Å². The first-order valence-electron chi connectivity index (χ1n) is 10.5. The molecule has 0 bridgehead atoms. The largest absolute Gasteiger partial charge is 0.497 e. The molecule has 0 aliphatic carbocycles. The van der Waals surface area contributed by atoms with Crippen LogP contribution in [-0.4, -0.2) is 47.3 Å². The average molecular weight is 472 g/mol. The minimum atomic E-state index is -0.632. The van der Waals surface area contributed by atoms with Crippen molar-refractivity contribution in [2.24, 2.45) is 0 Å². The number of hydrogen-bond donors (Lipinski definition) is 1. The molecule has 1 aliphatic heterocycles. The van der Waals surface area contributed by atoms with Crippen molar-refractivity contribution >= 4 is 40.6 Å². The van der Waals surface area contributed by atoms with Crippen molar-refractivity contribution in [3.8, 4) is 5.75 Å². The fourth-order valence-corrected chi connectivity index (χ4v) is 4.41. The molecule has 1 aliphatic rings. The van der Waals surface area contributed by atoms with Crippen LogP contribution < -0.4 is 10.1 Å². The van der Waals surface area contributed by atoms with Crippen molar-refractivity contribution in [3.63, 3.8) is 0 Å². The van der Waals surface area contributed by atoms with E-state index in [1.807, 2.05) is 0 Å². The standard InChI is InChI=1S/C24H23ClFN3O4/c1-33-17-7-8-20-18(10-17)16(14-30)12-28(20)13-22(31)29-9-3-6-21(29)24(32)27-11-15-4-2-5-19(25)23(15)26/h2,4-5,7-8,10,12,14,21H,3,6,9,11,13H2,1H3,(H,27,32)/t21-/m0/s1. The number of carbonyl (C=O) groups is 3. The molecule has 4 rings (SSSR count). The second-order valence-electron chi connectivity index (χ2n) is 7.89. The maximum Gasteiger partial charge on any atom is 0.243 e. The van der Waals surface area contributed by atoms with Crippen molar-refractivity contribution in [1.82, 2.24) is 14.8 Å². The van der Waals surface area contributed by atoms with Gasteiger partial charge in [0.1, 0.15) is 24.2 Å². The highest BCUT2D eigenvalue weighted by Gasteiger charge is 2.34. The predicted octanol–water partition coefficient (Wildman–Crippen LogP) is 3.56. The van der Waals surface area contributed by atoms with Gasteiger partial charge < -0.3 is 19.5 Å². The predicted molar refractivity (Wildman–Crippen MR) is 122 cm³/mol. The highest BCUT2D eigenvalue weighted by molar-refractivity contribution is 6.30. The summed E-state index contributed by atoms with van der Waals surface area (Å²) in [4.78, 5) is 38.9. The summed E-state index contributed by atoms with van der Waals surface area (Å²) >= 11 is 5.80. The van der Waals surface area contributed by atoms with E-state index in [-0.39, 0.29) is 35.5 Å². The van der Waals surface area contributed by atoms with Gasteiger partial charge in [-0.25, -0.2) is 4.39 Å². The molecule has 1 N–H and O–H groups in total. The van der Waals surface area contributed by atoms with Gasteiger partial charge in [-0.05, 0) is 37.1 Å². The number of nitrogens with one attached hydrogen (secondary N) is 1. The van der Waals surface area contributed by atoms with Crippen molar-refractivity contribution in [2.45, 2.75) is 32.0 Å². The summed E-state index contributed by atoms with van der Waals surface area (Å²) in [6.07, 6.45) is 3.59. The molecule has 0 saturated carbocycles. The first-order valence-corrected chi connectivity index (χ1v) is 10.9. The SMILES string of the molecule is COc1ccc2c(c1)c(C=O)cn2CC(=O)N1CCC[C@H]1C(=O)NCc1cccc(Cl)c1F. The van der Waals surface area contributed by atoms with Crippen LogP contribution in [0.2, 0.25) is 5.02 Å². The molecule has 9 heteroatoms. The lowest BCUT2D eigenvalue weighted by Crippen LogP contribution is -2.46. The zero-order chi connectivity index (χ0) is 23.5. The van der Waals surface area contributed by atoms with Crippen LogP contribution in [0.4, 0.5) is 4.39 Å². The van der Waals surface area contributed by atoms with E-state index in [9.17, 15) is 18.8 Å². The Hall–Kier alpha value is -3.39. The van der Waals surface area contributed by atoms with E-state index in [2.05, 4.69) is 5.32 Å². The quantitative estimate of drug-likeness (QED) is 0.534. The molecular weight excluding hydrogens is 449 g/mol. The smallest absolute Gasteiger partial charge is 0.243 e. The number of carbonyl (C=O) groups excluding carboxylic acids is 3. The van der Waals surface area contributed by atoms with Gasteiger partial charge in [-0.2, -0.15) is 0 Å². The Morgan fingerprint density at radius 3 is 2.88 bits per heavy atom. The average Bonchev–Trinajstić information content (AvgIpc) is 3.44. The fourth-order valence-electron chi connectivity index (χ4n) is 4.21. The van der Waals surface area contributed by atoms with Crippen LogP contribution in [0, 0.1) is 5.82 Å². The molecule has 0 radical (unpaired) electrons. The normalized spacial score (nSPS) is 15.6. The van der Waals surface area contributed by atoms with E-state index in [1.54, 1.807) is 53.1 Å². The molecule has 0 unspecified atom stereocenters. The number of nitrogens with zero attached hydrogens (tertiary/aromatic N) is 2. The highest BCUT2D eigenvalue weighted by Crippen LogP contribution is 2.26. The second-order valence-corrected chi connectivity index (χ2v) is 8.30. The topological polar surface area (TPSA) is 80.6 Å². The number of rotatable bonds is 7. The van der Waals surface area contributed by atoms with Crippen LogP contribution in [0.1, 0.15) is 28.8 Å². The third kappa shape index (κ3) is 4.57. The summed E-state index contributed by atoms with van der Waals surface area (Å²) in [5, 5.41) is 3.40. The Bertz CT molecular complexity index is 1230. The molecule has 1 atom stereocenters. The number of methoxy groups -OCH3 is 1. The summed E-state index contributed by atoms with van der Waals surface area (Å²) in [7, 11) is 1.54. The maximum atomic E-state index is 14.1.